The van der Waals surface area contributed by atoms with Gasteiger partial charge in [0.1, 0.15) is 0 Å². The molecule has 0 amide bonds. The van der Waals surface area contributed by atoms with E-state index in [0.717, 1.165) is 4.47 Å². The highest BCUT2D eigenvalue weighted by molar-refractivity contribution is 9.11. The van der Waals surface area contributed by atoms with Gasteiger partial charge in [0.2, 0.25) is 0 Å². The normalized spacial score (nSPS) is 13.9. The van der Waals surface area contributed by atoms with Crippen molar-refractivity contribution in [2.24, 2.45) is 0 Å². The molecule has 1 nitrogen and oxygen atoms in total. The summed E-state index contributed by atoms with van der Waals surface area (Å²) in [6, 6.07) is 5.02. The number of alkyl halides is 3. The van der Waals surface area contributed by atoms with Gasteiger partial charge in [-0.3, -0.25) is 0 Å². The zero-order valence-electron chi connectivity index (χ0n) is 8.06. The van der Waals surface area contributed by atoms with Gasteiger partial charge in [0.15, 0.2) is 0 Å². The third-order valence-electron chi connectivity index (χ3n) is 2.02. The molecule has 90 valence electrons. The first-order valence-electron chi connectivity index (χ1n) is 4.49. The van der Waals surface area contributed by atoms with Gasteiger partial charge in [-0.25, -0.2) is 0 Å². The monoisotopic (exact) mass is 360 g/mol. The molecular formula is C10H9Br2F3O. The first kappa shape index (κ1) is 14.0. The van der Waals surface area contributed by atoms with Crippen molar-refractivity contribution in [1.82, 2.24) is 0 Å². The van der Waals surface area contributed by atoms with Crippen molar-refractivity contribution in [3.8, 4) is 0 Å². The van der Waals surface area contributed by atoms with Crippen LogP contribution in [0.4, 0.5) is 13.2 Å². The molecule has 1 unspecified atom stereocenters. The molecule has 0 radical (unpaired) electrons. The molecule has 0 saturated heterocycles. The van der Waals surface area contributed by atoms with Crippen LogP contribution >= 0.6 is 31.9 Å². The molecule has 1 atom stereocenters. The van der Waals surface area contributed by atoms with Crippen molar-refractivity contribution in [3.63, 3.8) is 0 Å². The van der Waals surface area contributed by atoms with Crippen LogP contribution in [0.2, 0.25) is 0 Å². The summed E-state index contributed by atoms with van der Waals surface area (Å²) in [6.07, 6.45) is -6.68. The van der Waals surface area contributed by atoms with Crippen molar-refractivity contribution in [3.05, 3.63) is 32.7 Å². The molecule has 1 aromatic carbocycles. The molecule has 6 heteroatoms. The fraction of sp³-hybridized carbons (Fsp3) is 0.400. The predicted octanol–water partition coefficient (Wildman–Crippen LogP) is 4.59. The maximum absolute atomic E-state index is 12.0. The highest BCUT2D eigenvalue weighted by Crippen LogP contribution is 2.32. The van der Waals surface area contributed by atoms with Crippen molar-refractivity contribution in [1.29, 1.82) is 0 Å². The molecule has 16 heavy (non-hydrogen) atoms. The van der Waals surface area contributed by atoms with E-state index in [1.165, 1.54) is 0 Å². The second kappa shape index (κ2) is 5.51. The summed E-state index contributed by atoms with van der Waals surface area (Å²) >= 11 is 6.39. The third-order valence-corrected chi connectivity index (χ3v) is 3.23. The molecule has 1 aromatic rings. The Morgan fingerprint density at radius 2 is 1.88 bits per heavy atom. The first-order valence-corrected chi connectivity index (χ1v) is 6.08. The molecule has 0 aliphatic carbocycles. The first-order chi connectivity index (χ1) is 7.29. The summed E-state index contributed by atoms with van der Waals surface area (Å²) in [6.45, 7) is 0. The second-order valence-electron chi connectivity index (χ2n) is 3.34. The SMILES string of the molecule is OC(CCC(F)(F)F)c1cc(Br)ccc1Br. The van der Waals surface area contributed by atoms with Crippen LogP contribution in [0.25, 0.3) is 0 Å². The molecule has 0 aromatic heterocycles. The van der Waals surface area contributed by atoms with Crippen LogP contribution < -0.4 is 0 Å². The van der Waals surface area contributed by atoms with Crippen LogP contribution in [0.15, 0.2) is 27.1 Å². The fourth-order valence-electron chi connectivity index (χ4n) is 1.23. The second-order valence-corrected chi connectivity index (χ2v) is 5.11. The maximum Gasteiger partial charge on any atom is 0.389 e. The Kier molecular flexibility index (Phi) is 4.82. The van der Waals surface area contributed by atoms with Gasteiger partial charge in [-0.2, -0.15) is 13.2 Å². The van der Waals surface area contributed by atoms with E-state index >= 15 is 0 Å². The Morgan fingerprint density at radius 1 is 1.25 bits per heavy atom. The Balaban J connectivity index is 2.73. The number of benzene rings is 1. The summed E-state index contributed by atoms with van der Waals surface area (Å²) in [7, 11) is 0. The van der Waals surface area contributed by atoms with E-state index in [9.17, 15) is 18.3 Å². The maximum atomic E-state index is 12.0. The van der Waals surface area contributed by atoms with Gasteiger partial charge >= 0.3 is 6.18 Å². The number of aliphatic hydroxyl groups is 1. The van der Waals surface area contributed by atoms with Crippen LogP contribution in [0.1, 0.15) is 24.5 Å². The van der Waals surface area contributed by atoms with Crippen LogP contribution in [-0.4, -0.2) is 11.3 Å². The largest absolute Gasteiger partial charge is 0.389 e. The lowest BCUT2D eigenvalue weighted by atomic mass is 10.1. The molecule has 0 heterocycles. The zero-order chi connectivity index (χ0) is 12.3. The fourth-order valence-corrected chi connectivity index (χ4v) is 2.12. The highest BCUT2D eigenvalue weighted by Gasteiger charge is 2.28. The minimum atomic E-state index is -4.24. The van der Waals surface area contributed by atoms with E-state index in [1.807, 2.05) is 0 Å². The Labute approximate surface area is 108 Å². The summed E-state index contributed by atoms with van der Waals surface area (Å²) in [5.41, 5.74) is 0.457. The van der Waals surface area contributed by atoms with Crippen LogP contribution in [0.5, 0.6) is 0 Å². The van der Waals surface area contributed by atoms with E-state index in [0.29, 0.717) is 10.0 Å². The Bertz CT molecular complexity index is 366. The standard InChI is InChI=1S/C10H9Br2F3O/c11-6-1-2-8(12)7(5-6)9(16)3-4-10(13,14)15/h1-2,5,9,16H,3-4H2. The van der Waals surface area contributed by atoms with Gasteiger partial charge < -0.3 is 5.11 Å². The van der Waals surface area contributed by atoms with Gasteiger partial charge in [-0.1, -0.05) is 31.9 Å². The number of aliphatic hydroxyl groups excluding tert-OH is 1. The topological polar surface area (TPSA) is 20.2 Å². The van der Waals surface area contributed by atoms with Crippen LogP contribution in [0.3, 0.4) is 0 Å². The molecule has 0 saturated carbocycles. The number of hydrogen-bond acceptors (Lipinski definition) is 1. The summed E-state index contributed by atoms with van der Waals surface area (Å²) < 4.78 is 37.3. The molecule has 0 aliphatic heterocycles. The van der Waals surface area contributed by atoms with Gasteiger partial charge in [0, 0.05) is 15.4 Å². The van der Waals surface area contributed by atoms with E-state index in [-0.39, 0.29) is 6.42 Å². The molecule has 0 fully saturated rings. The molecular weight excluding hydrogens is 353 g/mol. The molecule has 1 N–H and O–H groups in total. The average Bonchev–Trinajstić information content (AvgIpc) is 2.17. The van der Waals surface area contributed by atoms with Crippen LogP contribution in [-0.2, 0) is 0 Å². The third kappa shape index (κ3) is 4.43. The zero-order valence-corrected chi connectivity index (χ0v) is 11.2. The van der Waals surface area contributed by atoms with E-state index in [4.69, 9.17) is 0 Å². The van der Waals surface area contributed by atoms with Gasteiger partial charge in [0.05, 0.1) is 6.10 Å². The van der Waals surface area contributed by atoms with E-state index in [2.05, 4.69) is 31.9 Å². The van der Waals surface area contributed by atoms with Gasteiger partial charge in [0.25, 0.3) is 0 Å². The van der Waals surface area contributed by atoms with Crippen LogP contribution in [0, 0.1) is 0 Å². The summed E-state index contributed by atoms with van der Waals surface area (Å²) in [5, 5.41) is 9.64. The minimum absolute atomic E-state index is 0.335. The Hall–Kier alpha value is -0.0700. The van der Waals surface area contributed by atoms with Crippen molar-refractivity contribution in [2.75, 3.05) is 0 Å². The minimum Gasteiger partial charge on any atom is -0.388 e. The van der Waals surface area contributed by atoms with Gasteiger partial charge in [-0.15, -0.1) is 0 Å². The van der Waals surface area contributed by atoms with Crippen molar-refractivity contribution >= 4 is 31.9 Å². The number of hydrogen-bond donors (Lipinski definition) is 1. The summed E-state index contributed by atoms with van der Waals surface area (Å²) in [5.74, 6) is 0. The molecule has 0 aliphatic rings. The number of halogens is 5. The van der Waals surface area contributed by atoms with Crippen molar-refractivity contribution < 1.29 is 18.3 Å². The predicted molar refractivity (Wildman–Crippen MR) is 62.1 cm³/mol. The highest BCUT2D eigenvalue weighted by atomic mass is 79.9. The lowest BCUT2D eigenvalue weighted by Gasteiger charge is -2.14. The van der Waals surface area contributed by atoms with Crippen molar-refractivity contribution in [2.45, 2.75) is 25.1 Å². The smallest absolute Gasteiger partial charge is 0.388 e. The Morgan fingerprint density at radius 3 is 2.44 bits per heavy atom. The van der Waals surface area contributed by atoms with E-state index < -0.39 is 18.7 Å². The molecule has 1 rings (SSSR count). The molecule has 0 spiro atoms. The average molecular weight is 362 g/mol. The quantitative estimate of drug-likeness (QED) is 0.834. The number of rotatable bonds is 3. The lowest BCUT2D eigenvalue weighted by molar-refractivity contribution is -0.140. The summed E-state index contributed by atoms with van der Waals surface area (Å²) in [4.78, 5) is 0. The van der Waals surface area contributed by atoms with Gasteiger partial charge in [-0.05, 0) is 30.2 Å². The lowest BCUT2D eigenvalue weighted by Crippen LogP contribution is -2.10. The molecule has 0 bridgehead atoms. The van der Waals surface area contributed by atoms with E-state index in [1.54, 1.807) is 18.2 Å².